The van der Waals surface area contributed by atoms with Gasteiger partial charge in [-0.1, -0.05) is 36.4 Å². The van der Waals surface area contributed by atoms with Crippen LogP contribution in [0.15, 0.2) is 55.1 Å². The maximum Gasteiger partial charge on any atom is 0.303 e. The molecular weight excluding hydrogens is 291 g/mol. The number of hydrogen-bond acceptors (Lipinski definition) is 2. The molecule has 2 aromatic carbocycles. The Labute approximate surface area is 135 Å². The number of esters is 1. The van der Waals surface area contributed by atoms with Crippen LogP contribution in [0.3, 0.4) is 0 Å². The second-order valence-corrected chi connectivity index (χ2v) is 5.88. The van der Waals surface area contributed by atoms with Crippen LogP contribution in [0, 0.1) is 5.82 Å². The molecule has 0 aliphatic heterocycles. The van der Waals surface area contributed by atoms with Crippen molar-refractivity contribution in [1.82, 2.24) is 0 Å². The maximum absolute atomic E-state index is 13.8. The van der Waals surface area contributed by atoms with Gasteiger partial charge in [-0.2, -0.15) is 0 Å². The van der Waals surface area contributed by atoms with E-state index in [1.807, 2.05) is 18.2 Å². The van der Waals surface area contributed by atoms with Crippen molar-refractivity contribution >= 4 is 5.97 Å². The predicted molar refractivity (Wildman–Crippen MR) is 87.7 cm³/mol. The van der Waals surface area contributed by atoms with E-state index in [2.05, 4.69) is 18.7 Å². The van der Waals surface area contributed by atoms with Gasteiger partial charge < -0.3 is 4.74 Å². The number of rotatable bonds is 3. The minimum absolute atomic E-state index is 0.0596. The zero-order valence-electron chi connectivity index (χ0n) is 13.1. The van der Waals surface area contributed by atoms with E-state index in [0.717, 1.165) is 16.7 Å². The Morgan fingerprint density at radius 1 is 1.26 bits per heavy atom. The lowest BCUT2D eigenvalue weighted by atomic mass is 9.86. The summed E-state index contributed by atoms with van der Waals surface area (Å²) in [5, 5.41) is 0. The summed E-state index contributed by atoms with van der Waals surface area (Å²) in [7, 11) is 0. The van der Waals surface area contributed by atoms with Crippen molar-refractivity contribution in [3.8, 4) is 0 Å². The van der Waals surface area contributed by atoms with Crippen molar-refractivity contribution in [2.75, 3.05) is 0 Å². The largest absolute Gasteiger partial charge is 0.457 e. The second-order valence-electron chi connectivity index (χ2n) is 5.88. The standard InChI is InChI=1S/C20H19FO2/c1-3-6-18-17-8-5-4-7-14(17)11-15-9-10-16(21)12-19(15)20(18)23-13(2)22/h3-5,7-10,12,18,20H,1,6,11H2,2H3/t18?,20-/m0/s1. The molecular formula is C20H19FO2. The topological polar surface area (TPSA) is 26.3 Å². The molecule has 1 unspecified atom stereocenters. The Balaban J connectivity index is 2.21. The second kappa shape index (κ2) is 6.37. The molecule has 0 spiro atoms. The monoisotopic (exact) mass is 310 g/mol. The van der Waals surface area contributed by atoms with Crippen molar-refractivity contribution in [1.29, 1.82) is 0 Å². The Morgan fingerprint density at radius 3 is 2.74 bits per heavy atom. The van der Waals surface area contributed by atoms with Gasteiger partial charge in [0.15, 0.2) is 0 Å². The Bertz CT molecular complexity index is 751. The molecule has 0 saturated heterocycles. The predicted octanol–water partition coefficient (Wildman–Crippen LogP) is 4.69. The summed E-state index contributed by atoms with van der Waals surface area (Å²) in [5.41, 5.74) is 4.07. The number of carbonyl (C=O) groups is 1. The third kappa shape index (κ3) is 3.04. The lowest BCUT2D eigenvalue weighted by Gasteiger charge is -2.26. The minimum atomic E-state index is -0.500. The van der Waals surface area contributed by atoms with Crippen molar-refractivity contribution in [3.63, 3.8) is 0 Å². The third-order valence-corrected chi connectivity index (χ3v) is 4.33. The SMILES string of the molecule is C=CCC1c2ccccc2Cc2ccc(F)cc2[C@H]1OC(C)=O. The van der Waals surface area contributed by atoms with Crippen LogP contribution in [-0.4, -0.2) is 5.97 Å². The van der Waals surface area contributed by atoms with Gasteiger partial charge in [0, 0.05) is 12.8 Å². The van der Waals surface area contributed by atoms with Gasteiger partial charge in [-0.05, 0) is 47.2 Å². The first-order chi connectivity index (χ1) is 11.1. The van der Waals surface area contributed by atoms with Gasteiger partial charge in [0.1, 0.15) is 11.9 Å². The number of carbonyl (C=O) groups excluding carboxylic acids is 1. The van der Waals surface area contributed by atoms with E-state index in [1.54, 1.807) is 6.07 Å². The van der Waals surface area contributed by atoms with E-state index in [1.165, 1.54) is 24.6 Å². The highest BCUT2D eigenvalue weighted by atomic mass is 19.1. The summed E-state index contributed by atoms with van der Waals surface area (Å²) in [4.78, 5) is 11.6. The quantitative estimate of drug-likeness (QED) is 0.607. The lowest BCUT2D eigenvalue weighted by molar-refractivity contribution is -0.148. The molecule has 3 heteroatoms. The average molecular weight is 310 g/mol. The van der Waals surface area contributed by atoms with Gasteiger partial charge in [0.05, 0.1) is 0 Å². The summed E-state index contributed by atoms with van der Waals surface area (Å²) in [6.45, 7) is 5.22. The van der Waals surface area contributed by atoms with Gasteiger partial charge in [-0.3, -0.25) is 4.79 Å². The minimum Gasteiger partial charge on any atom is -0.457 e. The fraction of sp³-hybridized carbons (Fsp3) is 0.250. The lowest BCUT2D eigenvalue weighted by Crippen LogP contribution is -2.17. The van der Waals surface area contributed by atoms with Gasteiger partial charge in [-0.25, -0.2) is 4.39 Å². The molecule has 0 saturated carbocycles. The van der Waals surface area contributed by atoms with Crippen LogP contribution >= 0.6 is 0 Å². The molecule has 3 rings (SSSR count). The van der Waals surface area contributed by atoms with Crippen LogP contribution in [-0.2, 0) is 16.0 Å². The highest BCUT2D eigenvalue weighted by Gasteiger charge is 2.33. The molecule has 0 N–H and O–H groups in total. The Kier molecular flexibility index (Phi) is 4.28. The molecule has 1 aliphatic rings. The zero-order chi connectivity index (χ0) is 16.4. The van der Waals surface area contributed by atoms with E-state index < -0.39 is 6.10 Å². The van der Waals surface area contributed by atoms with E-state index in [-0.39, 0.29) is 17.7 Å². The Hall–Kier alpha value is -2.42. The smallest absolute Gasteiger partial charge is 0.303 e. The molecule has 23 heavy (non-hydrogen) atoms. The van der Waals surface area contributed by atoms with E-state index in [9.17, 15) is 9.18 Å². The van der Waals surface area contributed by atoms with Gasteiger partial charge in [-0.15, -0.1) is 6.58 Å². The molecule has 0 amide bonds. The summed E-state index contributed by atoms with van der Waals surface area (Å²) >= 11 is 0. The van der Waals surface area contributed by atoms with Gasteiger partial charge in [0.25, 0.3) is 0 Å². The molecule has 1 aliphatic carbocycles. The zero-order valence-corrected chi connectivity index (χ0v) is 13.1. The fourth-order valence-electron chi connectivity index (χ4n) is 3.39. The fourth-order valence-corrected chi connectivity index (χ4v) is 3.39. The van der Waals surface area contributed by atoms with Crippen LogP contribution in [0.5, 0.6) is 0 Å². The van der Waals surface area contributed by atoms with E-state index in [0.29, 0.717) is 12.8 Å². The number of fused-ring (bicyclic) bond motifs is 2. The first-order valence-corrected chi connectivity index (χ1v) is 7.74. The number of hydrogen-bond donors (Lipinski definition) is 0. The van der Waals surface area contributed by atoms with Crippen LogP contribution in [0.25, 0.3) is 0 Å². The third-order valence-electron chi connectivity index (χ3n) is 4.33. The molecule has 0 bridgehead atoms. The van der Waals surface area contributed by atoms with Crippen molar-refractivity contribution in [2.24, 2.45) is 0 Å². The van der Waals surface area contributed by atoms with Gasteiger partial charge >= 0.3 is 5.97 Å². The molecule has 2 nitrogen and oxygen atoms in total. The first-order valence-electron chi connectivity index (χ1n) is 7.74. The molecule has 0 radical (unpaired) electrons. The van der Waals surface area contributed by atoms with Crippen LogP contribution in [0.2, 0.25) is 0 Å². The molecule has 118 valence electrons. The summed E-state index contributed by atoms with van der Waals surface area (Å²) in [6, 6.07) is 12.9. The van der Waals surface area contributed by atoms with Crippen molar-refractivity contribution < 1.29 is 13.9 Å². The van der Waals surface area contributed by atoms with E-state index >= 15 is 0 Å². The highest BCUT2D eigenvalue weighted by Crippen LogP contribution is 2.43. The number of ether oxygens (including phenoxy) is 1. The molecule has 0 aromatic heterocycles. The maximum atomic E-state index is 13.8. The first kappa shape index (κ1) is 15.5. The molecule has 2 atom stereocenters. The summed E-state index contributed by atoms with van der Waals surface area (Å²) < 4.78 is 19.4. The summed E-state index contributed by atoms with van der Waals surface area (Å²) in [5.74, 6) is -0.737. The average Bonchev–Trinajstić information content (AvgIpc) is 2.64. The van der Waals surface area contributed by atoms with Crippen LogP contribution in [0.4, 0.5) is 4.39 Å². The number of halogens is 1. The van der Waals surface area contributed by atoms with Crippen molar-refractivity contribution in [3.05, 3.63) is 83.2 Å². The summed E-state index contributed by atoms with van der Waals surface area (Å²) in [6.07, 6.45) is 2.68. The van der Waals surface area contributed by atoms with Crippen LogP contribution in [0.1, 0.15) is 47.6 Å². The van der Waals surface area contributed by atoms with E-state index in [4.69, 9.17) is 4.74 Å². The molecule has 0 heterocycles. The number of benzene rings is 2. The van der Waals surface area contributed by atoms with Crippen molar-refractivity contribution in [2.45, 2.75) is 31.8 Å². The Morgan fingerprint density at radius 2 is 2.00 bits per heavy atom. The number of allylic oxidation sites excluding steroid dienone is 1. The normalized spacial score (nSPS) is 19.2. The van der Waals surface area contributed by atoms with Crippen LogP contribution < -0.4 is 0 Å². The molecule has 0 fully saturated rings. The van der Waals surface area contributed by atoms with Gasteiger partial charge in [0.2, 0.25) is 0 Å². The molecule has 2 aromatic rings. The highest BCUT2D eigenvalue weighted by molar-refractivity contribution is 5.66.